The monoisotopic (exact) mass is 750 g/mol. The molecule has 3 heterocycles. The summed E-state index contributed by atoms with van der Waals surface area (Å²) in [4.78, 5) is 35.9. The summed E-state index contributed by atoms with van der Waals surface area (Å²) in [5, 5.41) is 24.5. The van der Waals surface area contributed by atoms with Gasteiger partial charge in [0.1, 0.15) is 17.1 Å². The van der Waals surface area contributed by atoms with Gasteiger partial charge in [0.25, 0.3) is 17.7 Å². The Labute approximate surface area is 308 Å². The van der Waals surface area contributed by atoms with Crippen LogP contribution in [-0.2, 0) is 14.4 Å². The summed E-state index contributed by atoms with van der Waals surface area (Å²) in [6, 6.07) is 25.6. The van der Waals surface area contributed by atoms with Crippen LogP contribution in [0.15, 0.2) is 116 Å². The van der Waals surface area contributed by atoms with Gasteiger partial charge in [-0.25, -0.2) is 0 Å². The number of aryl methyl sites for hydroxylation is 1. The quantitative estimate of drug-likeness (QED) is 0.203. The Morgan fingerprint density at radius 3 is 1.25 bits per heavy atom. The van der Waals surface area contributed by atoms with Gasteiger partial charge in [-0.1, -0.05) is 54.1 Å². The van der Waals surface area contributed by atoms with Crippen LogP contribution < -0.4 is 31.7 Å². The minimum atomic E-state index is -0.886. The lowest BCUT2D eigenvalue weighted by molar-refractivity contribution is -0.118. The zero-order valence-corrected chi connectivity index (χ0v) is 29.8. The van der Waals surface area contributed by atoms with Crippen LogP contribution in [0.4, 0.5) is 17.1 Å². The van der Waals surface area contributed by atoms with Gasteiger partial charge in [0.15, 0.2) is 16.1 Å². The maximum Gasteiger partial charge on any atom is 0.271 e. The van der Waals surface area contributed by atoms with Crippen LogP contribution in [0, 0.1) is 6.92 Å². The summed E-state index contributed by atoms with van der Waals surface area (Å²) in [5.74, 6) is 4.10. The van der Waals surface area contributed by atoms with Gasteiger partial charge in [0.2, 0.25) is 0 Å². The van der Waals surface area contributed by atoms with Crippen LogP contribution in [0.1, 0.15) is 5.56 Å². The third-order valence-electron chi connectivity index (χ3n) is 6.88. The lowest BCUT2D eigenvalue weighted by Gasteiger charge is -2.23. The molecule has 6 rings (SSSR count). The van der Waals surface area contributed by atoms with Gasteiger partial charge in [0, 0.05) is 14.1 Å². The Balaban J connectivity index is 0.000000172. The molecular weight excluding hydrogens is 719 g/mol. The first-order valence-electron chi connectivity index (χ1n) is 15.1. The highest BCUT2D eigenvalue weighted by atomic mass is 35.5. The molecule has 3 aliphatic heterocycles. The number of hydrazone groups is 6. The molecule has 0 saturated carbocycles. The highest BCUT2D eigenvalue weighted by Crippen LogP contribution is 2.22. The summed E-state index contributed by atoms with van der Waals surface area (Å²) in [6.45, 7) is 1.98. The molecule has 3 amide bonds. The molecule has 3 atom stereocenters. The number of anilines is 3. The van der Waals surface area contributed by atoms with Crippen molar-refractivity contribution in [3.8, 4) is 0 Å². The van der Waals surface area contributed by atoms with Gasteiger partial charge in [-0.2, -0.15) is 45.6 Å². The van der Waals surface area contributed by atoms with Crippen LogP contribution in [0.3, 0.4) is 0 Å². The average molecular weight is 752 g/mol. The zero-order chi connectivity index (χ0) is 36.9. The molecule has 0 fully saturated rings. The molecule has 0 aliphatic carbocycles. The fourth-order valence-corrected chi connectivity index (χ4v) is 4.95. The van der Waals surface area contributed by atoms with E-state index in [0.717, 1.165) is 5.56 Å². The number of carbonyl (C=O) groups is 3. The SMILES string of the molecule is CN/N=C1\C=NN(c2ccc(C)cc2)C(=O)C1Cl.CN/N=C1\C=NN(c2ccccc2)C(=O)C1Cl.N/N=C1\C=NN(c2ccccc2)C(=O)C1Cl. The number of nitrogens with two attached hydrogens (primary N) is 1. The molecule has 3 aromatic carbocycles. The van der Waals surface area contributed by atoms with Crippen molar-refractivity contribution < 1.29 is 14.4 Å². The lowest BCUT2D eigenvalue weighted by atomic mass is 10.2. The lowest BCUT2D eigenvalue weighted by Crippen LogP contribution is -2.43. The number of hydrogen-bond donors (Lipinski definition) is 3. The largest absolute Gasteiger partial charge is 0.323 e. The third kappa shape index (κ3) is 9.54. The van der Waals surface area contributed by atoms with E-state index in [1.165, 1.54) is 33.7 Å². The van der Waals surface area contributed by atoms with E-state index in [2.05, 4.69) is 41.5 Å². The highest BCUT2D eigenvalue weighted by Gasteiger charge is 2.33. The topological polar surface area (TPSA) is 185 Å². The van der Waals surface area contributed by atoms with E-state index in [0.29, 0.717) is 28.5 Å². The minimum Gasteiger partial charge on any atom is -0.323 e. The van der Waals surface area contributed by atoms with Gasteiger partial charge in [-0.05, 0) is 43.3 Å². The van der Waals surface area contributed by atoms with E-state index in [1.807, 2.05) is 67.6 Å². The third-order valence-corrected chi connectivity index (χ3v) is 8.11. The first-order valence-corrected chi connectivity index (χ1v) is 16.4. The Bertz CT molecular complexity index is 1870. The van der Waals surface area contributed by atoms with Crippen molar-refractivity contribution in [1.82, 2.24) is 10.9 Å². The Kier molecular flexibility index (Phi) is 13.8. The second-order valence-electron chi connectivity index (χ2n) is 10.4. The summed E-state index contributed by atoms with van der Waals surface area (Å²) in [7, 11) is 3.28. The van der Waals surface area contributed by atoms with E-state index in [1.54, 1.807) is 38.4 Å². The van der Waals surface area contributed by atoms with Crippen LogP contribution >= 0.6 is 34.8 Å². The Morgan fingerprint density at radius 2 is 0.902 bits per heavy atom. The van der Waals surface area contributed by atoms with Crippen LogP contribution in [0.2, 0.25) is 0 Å². The fourth-order valence-electron chi connectivity index (χ4n) is 4.35. The van der Waals surface area contributed by atoms with Crippen molar-refractivity contribution in [2.45, 2.75) is 23.1 Å². The molecule has 4 N–H and O–H groups in total. The molecule has 0 spiro atoms. The number of nitrogens with one attached hydrogen (secondary N) is 2. The predicted molar refractivity (Wildman–Crippen MR) is 206 cm³/mol. The second kappa shape index (κ2) is 18.4. The van der Waals surface area contributed by atoms with Crippen molar-refractivity contribution in [2.75, 3.05) is 29.1 Å². The standard InChI is InChI=1S/C12H13ClN4O.C11H11ClN4O.C10H9ClN4O/c1-8-3-5-9(6-4-8)17-12(18)11(13)10(7-15-17)16-14-2;1-13-15-9-7-14-16(11(17)10(9)12)8-5-3-2-4-6-8;11-9-8(14-12)6-13-15(10(9)16)7-4-2-1-3-5-7/h3-7,11,14H,1-2H3;2-7,10,13H,1H3;1-6,9H,12H2/b16-10+;15-9+;14-8+. The van der Waals surface area contributed by atoms with E-state index >= 15 is 0 Å². The molecule has 264 valence electrons. The molecule has 0 saturated heterocycles. The van der Waals surface area contributed by atoms with Gasteiger partial charge in [0.05, 0.1) is 35.7 Å². The van der Waals surface area contributed by atoms with Crippen LogP contribution in [-0.4, -0.2) is 83.7 Å². The van der Waals surface area contributed by atoms with Gasteiger partial charge in [-0.15, -0.1) is 34.8 Å². The Morgan fingerprint density at radius 1 is 0.569 bits per heavy atom. The number of nitrogens with zero attached hydrogens (tertiary/aromatic N) is 9. The number of para-hydroxylation sites is 2. The minimum absolute atomic E-state index is 0.263. The van der Waals surface area contributed by atoms with Crippen LogP contribution in [0.5, 0.6) is 0 Å². The van der Waals surface area contributed by atoms with Crippen molar-refractivity contribution in [1.29, 1.82) is 0 Å². The molecule has 3 aromatic rings. The highest BCUT2D eigenvalue weighted by molar-refractivity contribution is 6.57. The second-order valence-corrected chi connectivity index (χ2v) is 11.7. The maximum absolute atomic E-state index is 12.1. The maximum atomic E-state index is 12.1. The fraction of sp³-hybridized carbons (Fsp3) is 0.182. The molecule has 18 heteroatoms. The average Bonchev–Trinajstić information content (AvgIpc) is 3.15. The number of benzene rings is 3. The number of halogens is 3. The Hall–Kier alpha value is -5.64. The van der Waals surface area contributed by atoms with Gasteiger partial charge in [-0.3, -0.25) is 14.4 Å². The number of carbonyl (C=O) groups excluding carboxylic acids is 3. The van der Waals surface area contributed by atoms with E-state index in [9.17, 15) is 14.4 Å². The van der Waals surface area contributed by atoms with E-state index in [-0.39, 0.29) is 23.4 Å². The molecule has 0 aromatic heterocycles. The molecular formula is C33H33Cl3N12O3. The summed E-state index contributed by atoms with van der Waals surface area (Å²) < 4.78 is 0. The van der Waals surface area contributed by atoms with Gasteiger partial charge < -0.3 is 16.7 Å². The molecule has 51 heavy (non-hydrogen) atoms. The summed E-state index contributed by atoms with van der Waals surface area (Å²) in [5.41, 5.74) is 9.41. The van der Waals surface area contributed by atoms with Crippen molar-refractivity contribution >= 4 is 105 Å². The normalized spacial score (nSPS) is 22.1. The molecule has 3 aliphatic rings. The molecule has 15 nitrogen and oxygen atoms in total. The first kappa shape index (κ1) is 38.2. The number of alkyl halides is 3. The summed E-state index contributed by atoms with van der Waals surface area (Å²) in [6.07, 6.45) is 4.34. The zero-order valence-electron chi connectivity index (χ0n) is 27.5. The molecule has 0 bridgehead atoms. The van der Waals surface area contributed by atoms with Crippen molar-refractivity contribution in [3.05, 3.63) is 90.5 Å². The molecule has 0 radical (unpaired) electrons. The predicted octanol–water partition coefficient (Wildman–Crippen LogP) is 3.65. The number of amides is 3. The smallest absolute Gasteiger partial charge is 0.271 e. The van der Waals surface area contributed by atoms with Crippen molar-refractivity contribution in [3.63, 3.8) is 0 Å². The van der Waals surface area contributed by atoms with E-state index < -0.39 is 16.1 Å². The first-order chi connectivity index (χ1) is 24.6. The van der Waals surface area contributed by atoms with Gasteiger partial charge >= 0.3 is 0 Å². The molecule has 3 unspecified atom stereocenters. The van der Waals surface area contributed by atoms with E-state index in [4.69, 9.17) is 40.6 Å². The number of hydrogen-bond acceptors (Lipinski definition) is 12. The summed E-state index contributed by atoms with van der Waals surface area (Å²) >= 11 is 17.9. The number of rotatable bonds is 5. The van der Waals surface area contributed by atoms with Crippen LogP contribution in [0.25, 0.3) is 0 Å². The van der Waals surface area contributed by atoms with Crippen molar-refractivity contribution in [2.24, 2.45) is 36.5 Å².